The van der Waals surface area contributed by atoms with Crippen molar-refractivity contribution in [2.45, 2.75) is 46.6 Å². The van der Waals surface area contributed by atoms with Crippen molar-refractivity contribution in [1.82, 2.24) is 9.97 Å². The van der Waals surface area contributed by atoms with Gasteiger partial charge in [-0.2, -0.15) is 0 Å². The van der Waals surface area contributed by atoms with Gasteiger partial charge in [0.2, 0.25) is 0 Å². The molecule has 0 aliphatic rings. The molecule has 1 aromatic rings. The number of ether oxygens (including phenoxy) is 1. The minimum Gasteiger partial charge on any atom is -0.371 e. The fraction of sp³-hybridized carbons (Fsp3) is 0.692. The molecule has 0 saturated carbocycles. The van der Waals surface area contributed by atoms with Crippen LogP contribution in [0.4, 0.5) is 0 Å². The Hall–Kier alpha value is -0.680. The topological polar surface area (TPSA) is 55.0 Å². The van der Waals surface area contributed by atoms with Crippen molar-refractivity contribution in [3.05, 3.63) is 26.3 Å². The largest absolute Gasteiger partial charge is 0.371 e. The summed E-state index contributed by atoms with van der Waals surface area (Å²) in [5.41, 5.74) is 0.677. The van der Waals surface area contributed by atoms with Crippen LogP contribution in [0.15, 0.2) is 9.27 Å². The predicted molar refractivity (Wildman–Crippen MR) is 75.8 cm³/mol. The van der Waals surface area contributed by atoms with Crippen LogP contribution < -0.4 is 5.56 Å². The quantitative estimate of drug-likeness (QED) is 0.876. The van der Waals surface area contributed by atoms with E-state index in [9.17, 15) is 4.79 Å². The second kappa shape index (κ2) is 7.04. The van der Waals surface area contributed by atoms with Gasteiger partial charge in [0.25, 0.3) is 5.56 Å². The molecule has 1 rings (SSSR count). The van der Waals surface area contributed by atoms with E-state index in [4.69, 9.17) is 4.74 Å². The first-order valence-corrected chi connectivity index (χ1v) is 7.19. The molecule has 0 fully saturated rings. The predicted octanol–water partition coefficient (Wildman–Crippen LogP) is 3.22. The smallest absolute Gasteiger partial charge is 0.265 e. The molecule has 0 amide bonds. The average Bonchev–Trinajstić information content (AvgIpc) is 2.31. The number of nitrogens with one attached hydrogen (secondary N) is 1. The van der Waals surface area contributed by atoms with E-state index in [1.54, 1.807) is 0 Å². The molecule has 0 aromatic carbocycles. The van der Waals surface area contributed by atoms with Crippen LogP contribution >= 0.6 is 15.9 Å². The highest BCUT2D eigenvalue weighted by Gasteiger charge is 2.16. The van der Waals surface area contributed by atoms with Gasteiger partial charge >= 0.3 is 0 Å². The number of hydrogen-bond acceptors (Lipinski definition) is 3. The van der Waals surface area contributed by atoms with Gasteiger partial charge in [-0.05, 0) is 41.6 Å². The molecule has 102 valence electrons. The summed E-state index contributed by atoms with van der Waals surface area (Å²) in [5.74, 6) is 1.08. The van der Waals surface area contributed by atoms with E-state index in [1.165, 1.54) is 0 Å². The van der Waals surface area contributed by atoms with Gasteiger partial charge < -0.3 is 9.72 Å². The van der Waals surface area contributed by atoms with Crippen LogP contribution in [0.2, 0.25) is 0 Å². The Morgan fingerprint density at radius 3 is 2.56 bits per heavy atom. The van der Waals surface area contributed by atoms with Crippen molar-refractivity contribution in [2.24, 2.45) is 5.92 Å². The number of halogens is 1. The SMILES string of the molecule is CCOC(CC)c1nc(CC(C)C)c(Br)c(=O)[nH]1. The summed E-state index contributed by atoms with van der Waals surface area (Å²) in [6.45, 7) is 8.78. The number of H-pyrrole nitrogens is 1. The van der Waals surface area contributed by atoms with Gasteiger partial charge in [-0.25, -0.2) is 4.98 Å². The molecule has 0 bridgehead atoms. The molecule has 0 aliphatic heterocycles. The molecular formula is C13H21BrN2O2. The lowest BCUT2D eigenvalue weighted by Crippen LogP contribution is -2.20. The van der Waals surface area contributed by atoms with Gasteiger partial charge in [0.1, 0.15) is 16.4 Å². The lowest BCUT2D eigenvalue weighted by atomic mass is 10.1. The fourth-order valence-electron chi connectivity index (χ4n) is 1.79. The van der Waals surface area contributed by atoms with Crippen molar-refractivity contribution < 1.29 is 4.74 Å². The third-order valence-electron chi connectivity index (χ3n) is 2.59. The molecule has 4 nitrogen and oxygen atoms in total. The molecule has 1 unspecified atom stereocenters. The maximum absolute atomic E-state index is 11.9. The van der Waals surface area contributed by atoms with Crippen molar-refractivity contribution in [3.63, 3.8) is 0 Å². The monoisotopic (exact) mass is 316 g/mol. The molecule has 5 heteroatoms. The molecule has 1 atom stereocenters. The van der Waals surface area contributed by atoms with Gasteiger partial charge in [0.15, 0.2) is 0 Å². The highest BCUT2D eigenvalue weighted by atomic mass is 79.9. The Kier molecular flexibility index (Phi) is 6.02. The van der Waals surface area contributed by atoms with Gasteiger partial charge in [-0.3, -0.25) is 4.79 Å². The van der Waals surface area contributed by atoms with Crippen molar-refractivity contribution in [2.75, 3.05) is 6.61 Å². The molecular weight excluding hydrogens is 296 g/mol. The Morgan fingerprint density at radius 2 is 2.06 bits per heavy atom. The number of rotatable bonds is 6. The summed E-state index contributed by atoms with van der Waals surface area (Å²) in [4.78, 5) is 19.2. The first-order chi connectivity index (χ1) is 8.49. The van der Waals surface area contributed by atoms with E-state index in [2.05, 4.69) is 39.7 Å². The molecule has 0 saturated heterocycles. The molecule has 0 aliphatic carbocycles. The summed E-state index contributed by atoms with van der Waals surface area (Å²) in [6, 6.07) is 0. The Bertz CT molecular complexity index is 443. The van der Waals surface area contributed by atoms with Gasteiger partial charge in [-0.15, -0.1) is 0 Å². The second-order valence-corrected chi connectivity index (χ2v) is 5.46. The summed E-state index contributed by atoms with van der Waals surface area (Å²) in [6.07, 6.45) is 1.43. The Labute approximate surface area is 116 Å². The molecule has 1 aromatic heterocycles. The molecule has 1 N–H and O–H groups in total. The summed E-state index contributed by atoms with van der Waals surface area (Å²) < 4.78 is 6.12. The summed E-state index contributed by atoms with van der Waals surface area (Å²) in [7, 11) is 0. The summed E-state index contributed by atoms with van der Waals surface area (Å²) >= 11 is 3.31. The number of aromatic amines is 1. The van der Waals surface area contributed by atoms with E-state index in [0.717, 1.165) is 18.5 Å². The van der Waals surface area contributed by atoms with Gasteiger partial charge in [0, 0.05) is 6.61 Å². The highest BCUT2D eigenvalue weighted by Crippen LogP contribution is 2.20. The standard InChI is InChI=1S/C13H21BrN2O2/c1-5-10(18-6-2)12-15-9(7-8(3)4)11(14)13(17)16-12/h8,10H,5-7H2,1-4H3,(H,15,16,17). The third kappa shape index (κ3) is 3.92. The normalized spacial score (nSPS) is 13.0. The molecule has 1 heterocycles. The van der Waals surface area contributed by atoms with Crippen LogP contribution in [0.3, 0.4) is 0 Å². The minimum atomic E-state index is -0.137. The van der Waals surface area contributed by atoms with E-state index < -0.39 is 0 Å². The molecule has 18 heavy (non-hydrogen) atoms. The minimum absolute atomic E-state index is 0.131. The van der Waals surface area contributed by atoms with Crippen molar-refractivity contribution in [1.29, 1.82) is 0 Å². The van der Waals surface area contributed by atoms with Crippen LogP contribution in [0.25, 0.3) is 0 Å². The number of nitrogens with zero attached hydrogens (tertiary/aromatic N) is 1. The van der Waals surface area contributed by atoms with E-state index in [1.807, 2.05) is 13.8 Å². The van der Waals surface area contributed by atoms with Gasteiger partial charge in [-0.1, -0.05) is 20.8 Å². The van der Waals surface area contributed by atoms with Crippen LogP contribution in [0.1, 0.15) is 51.7 Å². The van der Waals surface area contributed by atoms with E-state index in [0.29, 0.717) is 22.8 Å². The molecule has 0 spiro atoms. The Morgan fingerprint density at radius 1 is 1.39 bits per heavy atom. The maximum atomic E-state index is 11.9. The van der Waals surface area contributed by atoms with Gasteiger partial charge in [0.05, 0.1) is 5.69 Å². The first-order valence-electron chi connectivity index (χ1n) is 6.39. The highest BCUT2D eigenvalue weighted by molar-refractivity contribution is 9.10. The Balaban J connectivity index is 3.14. The first kappa shape index (κ1) is 15.4. The molecule has 0 radical (unpaired) electrons. The second-order valence-electron chi connectivity index (χ2n) is 4.66. The zero-order valence-corrected chi connectivity index (χ0v) is 13.0. The summed E-state index contributed by atoms with van der Waals surface area (Å²) in [5, 5.41) is 0. The lowest BCUT2D eigenvalue weighted by Gasteiger charge is -2.16. The lowest BCUT2D eigenvalue weighted by molar-refractivity contribution is 0.0530. The fourth-order valence-corrected chi connectivity index (χ4v) is 2.14. The van der Waals surface area contributed by atoms with Crippen LogP contribution in [0, 0.1) is 5.92 Å². The van der Waals surface area contributed by atoms with E-state index >= 15 is 0 Å². The zero-order chi connectivity index (χ0) is 13.7. The van der Waals surface area contributed by atoms with Crippen LogP contribution in [0.5, 0.6) is 0 Å². The van der Waals surface area contributed by atoms with Crippen LogP contribution in [-0.2, 0) is 11.2 Å². The number of hydrogen-bond donors (Lipinski definition) is 1. The number of aromatic nitrogens is 2. The van der Waals surface area contributed by atoms with E-state index in [-0.39, 0.29) is 11.7 Å². The zero-order valence-electron chi connectivity index (χ0n) is 11.4. The van der Waals surface area contributed by atoms with Crippen LogP contribution in [-0.4, -0.2) is 16.6 Å². The maximum Gasteiger partial charge on any atom is 0.265 e. The van der Waals surface area contributed by atoms with Crippen molar-refractivity contribution in [3.8, 4) is 0 Å². The third-order valence-corrected chi connectivity index (χ3v) is 3.41. The average molecular weight is 317 g/mol. The van der Waals surface area contributed by atoms with Crippen molar-refractivity contribution >= 4 is 15.9 Å².